The van der Waals surface area contributed by atoms with Gasteiger partial charge in [-0.05, 0) is 55.2 Å². The van der Waals surface area contributed by atoms with Gasteiger partial charge in [0.25, 0.3) is 0 Å². The Bertz CT molecular complexity index is 1220. The standard InChI is InChI=1S/C37H52O10/c1-4-5-6-7-29-8-10-30(11-9-29)31-12-14-32(15-13-31)42-16-17-43-33-22-34(44-18-20-46-36(40)27(2)25-38)24-35(23-33)45-19-21-47-37(41)28(3)26-39/h12-15,22-24,29-30,36,38-40H,2-11,16-21,25-26H2,1H3. The quantitative estimate of drug-likeness (QED) is 0.0448. The molecule has 1 atom stereocenters. The Morgan fingerprint density at radius 3 is 1.87 bits per heavy atom. The van der Waals surface area contributed by atoms with Gasteiger partial charge in [-0.25, -0.2) is 4.79 Å². The molecule has 0 radical (unpaired) electrons. The fraction of sp³-hybridized carbons (Fsp3) is 0.541. The Morgan fingerprint density at radius 1 is 0.766 bits per heavy atom. The summed E-state index contributed by atoms with van der Waals surface area (Å²) < 4.78 is 33.6. The van der Waals surface area contributed by atoms with E-state index >= 15 is 0 Å². The van der Waals surface area contributed by atoms with Crippen LogP contribution in [0.15, 0.2) is 66.8 Å². The van der Waals surface area contributed by atoms with E-state index in [4.69, 9.17) is 38.6 Å². The summed E-state index contributed by atoms with van der Waals surface area (Å²) in [6.07, 6.45) is 9.26. The lowest BCUT2D eigenvalue weighted by Gasteiger charge is -2.29. The van der Waals surface area contributed by atoms with Crippen molar-refractivity contribution in [3.05, 3.63) is 72.3 Å². The van der Waals surface area contributed by atoms with E-state index in [0.717, 1.165) is 11.7 Å². The van der Waals surface area contributed by atoms with Crippen LogP contribution >= 0.6 is 0 Å². The Morgan fingerprint density at radius 2 is 1.32 bits per heavy atom. The molecule has 1 unspecified atom stereocenters. The van der Waals surface area contributed by atoms with E-state index in [-0.39, 0.29) is 50.8 Å². The van der Waals surface area contributed by atoms with Gasteiger partial charge in [0.2, 0.25) is 0 Å². The van der Waals surface area contributed by atoms with Crippen LogP contribution in [-0.4, -0.2) is 80.4 Å². The molecule has 2 aromatic carbocycles. The average Bonchev–Trinajstić information content (AvgIpc) is 3.10. The summed E-state index contributed by atoms with van der Waals surface area (Å²) in [5.74, 6) is 2.93. The molecule has 0 saturated heterocycles. The van der Waals surface area contributed by atoms with Crippen molar-refractivity contribution in [2.75, 3.05) is 52.9 Å². The van der Waals surface area contributed by atoms with E-state index in [2.05, 4.69) is 32.2 Å². The molecule has 0 aliphatic heterocycles. The van der Waals surface area contributed by atoms with E-state index in [1.807, 2.05) is 12.1 Å². The Labute approximate surface area is 278 Å². The molecule has 47 heavy (non-hydrogen) atoms. The third kappa shape index (κ3) is 14.0. The number of ether oxygens (including phenoxy) is 6. The van der Waals surface area contributed by atoms with Gasteiger partial charge in [0.15, 0.2) is 6.29 Å². The van der Waals surface area contributed by atoms with Gasteiger partial charge < -0.3 is 43.7 Å². The number of hydrogen-bond acceptors (Lipinski definition) is 10. The predicted molar refractivity (Wildman–Crippen MR) is 179 cm³/mol. The van der Waals surface area contributed by atoms with Gasteiger partial charge in [-0.1, -0.05) is 57.9 Å². The smallest absolute Gasteiger partial charge is 0.335 e. The molecule has 1 saturated carbocycles. The third-order valence-corrected chi connectivity index (χ3v) is 8.13. The summed E-state index contributed by atoms with van der Waals surface area (Å²) in [6, 6.07) is 13.4. The lowest BCUT2D eigenvalue weighted by atomic mass is 9.77. The maximum atomic E-state index is 11.7. The van der Waals surface area contributed by atoms with Crippen LogP contribution in [0.5, 0.6) is 23.0 Å². The van der Waals surface area contributed by atoms with Gasteiger partial charge in [0.1, 0.15) is 56.0 Å². The topological polar surface area (TPSA) is 133 Å². The van der Waals surface area contributed by atoms with Gasteiger partial charge >= 0.3 is 5.97 Å². The van der Waals surface area contributed by atoms with Gasteiger partial charge in [-0.15, -0.1) is 0 Å². The summed E-state index contributed by atoms with van der Waals surface area (Å²) in [7, 11) is 0. The van der Waals surface area contributed by atoms with Crippen LogP contribution in [-0.2, 0) is 14.3 Å². The zero-order valence-electron chi connectivity index (χ0n) is 27.7. The first-order valence-corrected chi connectivity index (χ1v) is 16.6. The first-order chi connectivity index (χ1) is 22.8. The first-order valence-electron chi connectivity index (χ1n) is 16.6. The summed E-state index contributed by atoms with van der Waals surface area (Å²) in [5.41, 5.74) is 1.49. The van der Waals surface area contributed by atoms with Crippen molar-refractivity contribution in [2.45, 2.75) is 70.5 Å². The molecule has 1 aliphatic rings. The highest BCUT2D eigenvalue weighted by atomic mass is 16.6. The van der Waals surface area contributed by atoms with Crippen molar-refractivity contribution in [1.82, 2.24) is 0 Å². The number of benzene rings is 2. The number of esters is 1. The van der Waals surface area contributed by atoms with Gasteiger partial charge in [0, 0.05) is 23.8 Å². The molecule has 1 fully saturated rings. The second-order valence-electron chi connectivity index (χ2n) is 11.8. The highest BCUT2D eigenvalue weighted by molar-refractivity contribution is 5.87. The SMILES string of the molecule is C=C(CO)C(=O)OCCOc1cc(OCCOc2ccc(C3CCC(CCCCC)CC3)cc2)cc(OCCOC(O)C(=C)CO)c1. The second-order valence-corrected chi connectivity index (χ2v) is 11.8. The van der Waals surface area contributed by atoms with Crippen molar-refractivity contribution in [1.29, 1.82) is 0 Å². The minimum atomic E-state index is -1.29. The summed E-state index contributed by atoms with van der Waals surface area (Å²) >= 11 is 0. The summed E-state index contributed by atoms with van der Waals surface area (Å²) in [5, 5.41) is 27.8. The highest BCUT2D eigenvalue weighted by Gasteiger charge is 2.22. The van der Waals surface area contributed by atoms with Gasteiger partial charge in [0.05, 0.1) is 25.4 Å². The molecule has 3 N–H and O–H groups in total. The Kier molecular flexibility index (Phi) is 17.2. The Balaban J connectivity index is 1.47. The largest absolute Gasteiger partial charge is 0.491 e. The maximum Gasteiger partial charge on any atom is 0.335 e. The number of carbonyl (C=O) groups is 1. The number of aliphatic hydroxyl groups is 3. The van der Waals surface area contributed by atoms with Crippen molar-refractivity contribution >= 4 is 5.97 Å². The second kappa shape index (κ2) is 21.3. The normalized spacial score (nSPS) is 16.6. The fourth-order valence-electron chi connectivity index (χ4n) is 5.39. The van der Waals surface area contributed by atoms with Crippen LogP contribution in [0.1, 0.15) is 69.8 Å². The number of unbranched alkanes of at least 4 members (excludes halogenated alkanes) is 2. The molecule has 0 spiro atoms. The van der Waals surface area contributed by atoms with Crippen LogP contribution in [0.2, 0.25) is 0 Å². The molecule has 260 valence electrons. The fourth-order valence-corrected chi connectivity index (χ4v) is 5.39. The molecule has 0 aromatic heterocycles. The van der Waals surface area contributed by atoms with E-state index in [1.54, 1.807) is 18.2 Å². The minimum Gasteiger partial charge on any atom is -0.491 e. The molecule has 1 aliphatic carbocycles. The number of aliphatic hydroxyl groups excluding tert-OH is 3. The van der Waals surface area contributed by atoms with E-state index in [9.17, 15) is 9.90 Å². The van der Waals surface area contributed by atoms with Crippen LogP contribution in [0.4, 0.5) is 0 Å². The molecule has 0 bridgehead atoms. The van der Waals surface area contributed by atoms with Crippen molar-refractivity contribution in [3.63, 3.8) is 0 Å². The molecule has 3 rings (SSSR count). The van der Waals surface area contributed by atoms with Crippen LogP contribution in [0.25, 0.3) is 0 Å². The molecular weight excluding hydrogens is 604 g/mol. The monoisotopic (exact) mass is 656 g/mol. The molecular formula is C37H52O10. The molecule has 10 nitrogen and oxygen atoms in total. The summed E-state index contributed by atoms with van der Waals surface area (Å²) in [4.78, 5) is 11.7. The van der Waals surface area contributed by atoms with Crippen molar-refractivity contribution in [3.8, 4) is 23.0 Å². The number of carbonyl (C=O) groups excluding carboxylic acids is 1. The Hall–Kier alpha value is -3.57. The first kappa shape index (κ1) is 37.9. The third-order valence-electron chi connectivity index (χ3n) is 8.13. The molecule has 2 aromatic rings. The lowest BCUT2D eigenvalue weighted by Crippen LogP contribution is -2.20. The summed E-state index contributed by atoms with van der Waals surface area (Å²) in [6.45, 7) is 9.08. The lowest BCUT2D eigenvalue weighted by molar-refractivity contribution is -0.140. The maximum absolute atomic E-state index is 11.7. The average molecular weight is 657 g/mol. The van der Waals surface area contributed by atoms with Crippen molar-refractivity contribution < 1.29 is 48.5 Å². The number of rotatable bonds is 23. The predicted octanol–water partition coefficient (Wildman–Crippen LogP) is 5.73. The van der Waals surface area contributed by atoms with Crippen LogP contribution < -0.4 is 18.9 Å². The van der Waals surface area contributed by atoms with Gasteiger partial charge in [-0.3, -0.25) is 0 Å². The van der Waals surface area contributed by atoms with E-state index in [0.29, 0.717) is 29.8 Å². The zero-order valence-corrected chi connectivity index (χ0v) is 27.7. The number of hydrogen-bond donors (Lipinski definition) is 3. The highest BCUT2D eigenvalue weighted by Crippen LogP contribution is 2.38. The zero-order chi connectivity index (χ0) is 33.9. The molecule has 10 heteroatoms. The van der Waals surface area contributed by atoms with E-state index < -0.39 is 18.9 Å². The van der Waals surface area contributed by atoms with Crippen LogP contribution in [0.3, 0.4) is 0 Å². The van der Waals surface area contributed by atoms with Crippen LogP contribution in [0, 0.1) is 5.92 Å². The van der Waals surface area contributed by atoms with E-state index in [1.165, 1.54) is 56.9 Å². The van der Waals surface area contributed by atoms with Gasteiger partial charge in [-0.2, -0.15) is 0 Å². The molecule has 0 amide bonds. The van der Waals surface area contributed by atoms with Crippen molar-refractivity contribution in [2.24, 2.45) is 5.92 Å². The minimum absolute atomic E-state index is 0.0408. The molecule has 0 heterocycles.